The zero-order chi connectivity index (χ0) is 15.6. The standard InChI is InChI=1S/C14H20N2O4S/c1-4-15-11(9-21(3,18)19)10-6-7-12-13(8-10)20-14(17)16(12)5-2/h6-8,11,15H,4-5,9H2,1-3H3. The van der Waals surface area contributed by atoms with E-state index >= 15 is 0 Å². The van der Waals surface area contributed by atoms with Gasteiger partial charge in [-0.05, 0) is 31.2 Å². The Kier molecular flexibility index (Phi) is 4.53. The second-order valence-electron chi connectivity index (χ2n) is 5.04. The molecule has 0 amide bonds. The fourth-order valence-corrected chi connectivity index (χ4v) is 3.34. The Morgan fingerprint density at radius 1 is 1.33 bits per heavy atom. The second kappa shape index (κ2) is 6.03. The van der Waals surface area contributed by atoms with Crippen LogP contribution in [0.15, 0.2) is 27.4 Å². The first-order chi connectivity index (χ1) is 9.85. The molecule has 0 saturated heterocycles. The molecule has 6 nitrogen and oxygen atoms in total. The van der Waals surface area contributed by atoms with Crippen molar-refractivity contribution < 1.29 is 12.8 Å². The number of nitrogens with zero attached hydrogens (tertiary/aromatic N) is 1. The molecule has 0 spiro atoms. The molecule has 1 aromatic heterocycles. The van der Waals surface area contributed by atoms with Gasteiger partial charge in [0.25, 0.3) is 0 Å². The number of hydrogen-bond donors (Lipinski definition) is 1. The minimum Gasteiger partial charge on any atom is -0.408 e. The first kappa shape index (κ1) is 15.8. The van der Waals surface area contributed by atoms with Crippen LogP contribution in [0.1, 0.15) is 25.5 Å². The van der Waals surface area contributed by atoms with Crippen molar-refractivity contribution in [3.05, 3.63) is 34.3 Å². The molecule has 0 bridgehead atoms. The average Bonchev–Trinajstić information content (AvgIpc) is 2.70. The third kappa shape index (κ3) is 3.54. The molecule has 21 heavy (non-hydrogen) atoms. The van der Waals surface area contributed by atoms with Gasteiger partial charge in [0.2, 0.25) is 0 Å². The van der Waals surface area contributed by atoms with Gasteiger partial charge in [0, 0.05) is 18.8 Å². The SMILES string of the molecule is CCNC(CS(C)(=O)=O)c1ccc2c(c1)oc(=O)n2CC. The van der Waals surface area contributed by atoms with E-state index in [9.17, 15) is 13.2 Å². The van der Waals surface area contributed by atoms with Crippen molar-refractivity contribution in [1.82, 2.24) is 9.88 Å². The predicted molar refractivity (Wildman–Crippen MR) is 82.3 cm³/mol. The molecular weight excluding hydrogens is 292 g/mol. The molecule has 1 atom stereocenters. The van der Waals surface area contributed by atoms with Gasteiger partial charge >= 0.3 is 5.76 Å². The molecule has 0 fully saturated rings. The van der Waals surface area contributed by atoms with Gasteiger partial charge < -0.3 is 9.73 Å². The van der Waals surface area contributed by atoms with E-state index in [-0.39, 0.29) is 11.8 Å². The molecule has 0 saturated carbocycles. The summed E-state index contributed by atoms with van der Waals surface area (Å²) in [5, 5.41) is 3.15. The van der Waals surface area contributed by atoms with E-state index in [1.807, 2.05) is 19.9 Å². The largest absolute Gasteiger partial charge is 0.419 e. The summed E-state index contributed by atoms with van der Waals surface area (Å²) in [5.41, 5.74) is 2.00. The Hall–Kier alpha value is -1.60. The molecule has 2 rings (SSSR count). The van der Waals surface area contributed by atoms with E-state index < -0.39 is 15.6 Å². The fourth-order valence-electron chi connectivity index (χ4n) is 2.42. The van der Waals surface area contributed by atoms with Crippen molar-refractivity contribution in [2.75, 3.05) is 18.6 Å². The molecule has 116 valence electrons. The predicted octanol–water partition coefficient (Wildman–Crippen LogP) is 1.31. The monoisotopic (exact) mass is 312 g/mol. The Balaban J connectivity index is 2.46. The van der Waals surface area contributed by atoms with E-state index in [2.05, 4.69) is 5.32 Å². The van der Waals surface area contributed by atoms with Gasteiger partial charge in [-0.2, -0.15) is 0 Å². The van der Waals surface area contributed by atoms with E-state index in [4.69, 9.17) is 4.42 Å². The van der Waals surface area contributed by atoms with Crippen molar-refractivity contribution in [3.8, 4) is 0 Å². The summed E-state index contributed by atoms with van der Waals surface area (Å²) in [6, 6.07) is 5.05. The van der Waals surface area contributed by atoms with Crippen molar-refractivity contribution in [3.63, 3.8) is 0 Å². The van der Waals surface area contributed by atoms with Crippen molar-refractivity contribution in [1.29, 1.82) is 0 Å². The quantitative estimate of drug-likeness (QED) is 0.870. The highest BCUT2D eigenvalue weighted by Crippen LogP contribution is 2.21. The van der Waals surface area contributed by atoms with Crippen molar-refractivity contribution >= 4 is 20.9 Å². The van der Waals surface area contributed by atoms with Crippen LogP contribution >= 0.6 is 0 Å². The van der Waals surface area contributed by atoms with E-state index in [0.717, 1.165) is 11.1 Å². The minimum atomic E-state index is -3.11. The zero-order valence-electron chi connectivity index (χ0n) is 12.4. The number of benzene rings is 1. The summed E-state index contributed by atoms with van der Waals surface area (Å²) < 4.78 is 29.8. The lowest BCUT2D eigenvalue weighted by Gasteiger charge is -2.17. The molecule has 2 aromatic rings. The molecule has 1 aromatic carbocycles. The maximum absolute atomic E-state index is 11.7. The normalized spacial score (nSPS) is 13.7. The first-order valence-electron chi connectivity index (χ1n) is 6.90. The van der Waals surface area contributed by atoms with Crippen LogP contribution in [0.2, 0.25) is 0 Å². The fraction of sp³-hybridized carbons (Fsp3) is 0.500. The summed E-state index contributed by atoms with van der Waals surface area (Å²) in [7, 11) is -3.11. The number of rotatable bonds is 6. The third-order valence-corrected chi connectivity index (χ3v) is 4.27. The van der Waals surface area contributed by atoms with Gasteiger partial charge in [-0.25, -0.2) is 13.2 Å². The van der Waals surface area contributed by atoms with Crippen LogP contribution in [-0.2, 0) is 16.4 Å². The molecule has 0 aliphatic carbocycles. The number of aromatic nitrogens is 1. The van der Waals surface area contributed by atoms with Crippen LogP contribution < -0.4 is 11.1 Å². The second-order valence-corrected chi connectivity index (χ2v) is 7.23. The summed E-state index contributed by atoms with van der Waals surface area (Å²) >= 11 is 0. The number of nitrogens with one attached hydrogen (secondary N) is 1. The number of fused-ring (bicyclic) bond motifs is 1. The third-order valence-electron chi connectivity index (χ3n) is 3.33. The van der Waals surface area contributed by atoms with Gasteiger partial charge in [-0.15, -0.1) is 0 Å². The van der Waals surface area contributed by atoms with Crippen LogP contribution in [0.4, 0.5) is 0 Å². The Morgan fingerprint density at radius 2 is 2.05 bits per heavy atom. The summed E-state index contributed by atoms with van der Waals surface area (Å²) in [6.45, 7) is 4.97. The van der Waals surface area contributed by atoms with Crippen LogP contribution in [-0.4, -0.2) is 31.5 Å². The summed E-state index contributed by atoms with van der Waals surface area (Å²) in [4.78, 5) is 11.7. The molecule has 0 aliphatic heterocycles. The van der Waals surface area contributed by atoms with Crippen LogP contribution in [0.3, 0.4) is 0 Å². The molecule has 1 N–H and O–H groups in total. The summed E-state index contributed by atoms with van der Waals surface area (Å²) in [5.74, 6) is -0.391. The van der Waals surface area contributed by atoms with Crippen molar-refractivity contribution in [2.24, 2.45) is 0 Å². The van der Waals surface area contributed by atoms with E-state index in [1.54, 1.807) is 12.1 Å². The van der Waals surface area contributed by atoms with Crippen molar-refractivity contribution in [2.45, 2.75) is 26.4 Å². The summed E-state index contributed by atoms with van der Waals surface area (Å²) in [6.07, 6.45) is 1.21. The molecular formula is C14H20N2O4S. The first-order valence-corrected chi connectivity index (χ1v) is 8.96. The molecule has 7 heteroatoms. The number of oxazole rings is 1. The van der Waals surface area contributed by atoms with Crippen LogP contribution in [0, 0.1) is 0 Å². The van der Waals surface area contributed by atoms with Crippen LogP contribution in [0.25, 0.3) is 11.1 Å². The average molecular weight is 312 g/mol. The number of aryl methyl sites for hydroxylation is 1. The highest BCUT2D eigenvalue weighted by molar-refractivity contribution is 7.90. The maximum Gasteiger partial charge on any atom is 0.419 e. The lowest BCUT2D eigenvalue weighted by molar-refractivity contribution is 0.512. The molecule has 0 radical (unpaired) electrons. The molecule has 1 heterocycles. The Morgan fingerprint density at radius 3 is 2.62 bits per heavy atom. The zero-order valence-corrected chi connectivity index (χ0v) is 13.2. The highest BCUT2D eigenvalue weighted by atomic mass is 32.2. The van der Waals surface area contributed by atoms with Gasteiger partial charge in [0.1, 0.15) is 9.84 Å². The Labute approximate surface area is 123 Å². The highest BCUT2D eigenvalue weighted by Gasteiger charge is 2.18. The van der Waals surface area contributed by atoms with E-state index in [0.29, 0.717) is 18.7 Å². The lowest BCUT2D eigenvalue weighted by Crippen LogP contribution is -2.27. The Bertz CT molecular complexity index is 789. The number of hydrogen-bond acceptors (Lipinski definition) is 5. The lowest BCUT2D eigenvalue weighted by atomic mass is 10.1. The van der Waals surface area contributed by atoms with Gasteiger partial charge in [0.15, 0.2) is 5.58 Å². The minimum absolute atomic E-state index is 0.00502. The maximum atomic E-state index is 11.7. The molecule has 0 aliphatic rings. The molecule has 1 unspecified atom stereocenters. The van der Waals surface area contributed by atoms with Gasteiger partial charge in [-0.3, -0.25) is 4.57 Å². The van der Waals surface area contributed by atoms with E-state index in [1.165, 1.54) is 10.8 Å². The topological polar surface area (TPSA) is 81.3 Å². The smallest absolute Gasteiger partial charge is 0.408 e. The van der Waals surface area contributed by atoms with Gasteiger partial charge in [-0.1, -0.05) is 13.0 Å². The number of sulfone groups is 1. The van der Waals surface area contributed by atoms with Crippen LogP contribution in [0.5, 0.6) is 0 Å². The van der Waals surface area contributed by atoms with Gasteiger partial charge in [0.05, 0.1) is 11.3 Å².